The van der Waals surface area contributed by atoms with Gasteiger partial charge in [0.2, 0.25) is 0 Å². The molecule has 0 unspecified atom stereocenters. The molecule has 1 N–H and O–H groups in total. The monoisotopic (exact) mass is 217 g/mol. The number of nitrogens with one attached hydrogen (secondary N) is 1. The van der Waals surface area contributed by atoms with E-state index in [0.717, 1.165) is 11.4 Å². The number of carbonyl (C=O) groups excluding carboxylic acids is 1. The fourth-order valence-corrected chi connectivity index (χ4v) is 1.39. The van der Waals surface area contributed by atoms with Gasteiger partial charge in [-0.2, -0.15) is 0 Å². The minimum Gasteiger partial charge on any atom is -0.464 e. The summed E-state index contributed by atoms with van der Waals surface area (Å²) in [5.41, 5.74) is 1.27. The van der Waals surface area contributed by atoms with E-state index in [1.165, 1.54) is 7.11 Å². The highest BCUT2D eigenvalue weighted by Crippen LogP contribution is 2.07. The first-order valence-corrected chi connectivity index (χ1v) is 4.81. The summed E-state index contributed by atoms with van der Waals surface area (Å²) in [6.07, 6.45) is 5.68. The van der Waals surface area contributed by atoms with Crippen molar-refractivity contribution in [2.24, 2.45) is 0 Å². The lowest BCUT2D eigenvalue weighted by molar-refractivity contribution is 0.0594. The number of ether oxygens (including phenoxy) is 1. The Morgan fingerprint density at radius 1 is 1.44 bits per heavy atom. The van der Waals surface area contributed by atoms with Crippen molar-refractivity contribution in [1.82, 2.24) is 15.0 Å². The minimum atomic E-state index is -0.429. The fourth-order valence-electron chi connectivity index (χ4n) is 1.39. The Balaban J connectivity index is 2.19. The van der Waals surface area contributed by atoms with Gasteiger partial charge in [-0.05, 0) is 17.7 Å². The van der Waals surface area contributed by atoms with Crippen molar-refractivity contribution in [1.29, 1.82) is 0 Å². The highest BCUT2D eigenvalue weighted by atomic mass is 16.5. The second-order valence-corrected chi connectivity index (χ2v) is 3.25. The molecule has 0 fully saturated rings. The Morgan fingerprint density at radius 2 is 2.31 bits per heavy atom. The molecule has 0 saturated heterocycles. The molecule has 0 bridgehead atoms. The third-order valence-electron chi connectivity index (χ3n) is 2.15. The number of aromatic nitrogens is 3. The van der Waals surface area contributed by atoms with Crippen molar-refractivity contribution in [3.8, 4) is 0 Å². The molecule has 2 rings (SSSR count). The maximum Gasteiger partial charge on any atom is 0.356 e. The summed E-state index contributed by atoms with van der Waals surface area (Å²) in [6.45, 7) is 0. The first kappa shape index (κ1) is 10.4. The molecular weight excluding hydrogens is 206 g/mol. The van der Waals surface area contributed by atoms with E-state index in [4.69, 9.17) is 0 Å². The molecule has 0 amide bonds. The van der Waals surface area contributed by atoms with E-state index in [2.05, 4.69) is 19.7 Å². The smallest absolute Gasteiger partial charge is 0.356 e. The number of methoxy groups -OCH3 is 1. The van der Waals surface area contributed by atoms with Crippen LogP contribution < -0.4 is 0 Å². The predicted octanol–water partition coefficient (Wildman–Crippen LogP) is 1.18. The predicted molar refractivity (Wildman–Crippen MR) is 57.0 cm³/mol. The maximum absolute atomic E-state index is 11.3. The van der Waals surface area contributed by atoms with Crippen LogP contribution in [0.1, 0.15) is 21.9 Å². The Bertz CT molecular complexity index is 480. The van der Waals surface area contributed by atoms with E-state index in [9.17, 15) is 4.79 Å². The van der Waals surface area contributed by atoms with E-state index >= 15 is 0 Å². The number of nitrogens with zero attached hydrogens (tertiary/aromatic N) is 2. The van der Waals surface area contributed by atoms with Gasteiger partial charge in [-0.25, -0.2) is 14.8 Å². The van der Waals surface area contributed by atoms with Crippen molar-refractivity contribution in [2.75, 3.05) is 7.11 Å². The molecular formula is C11H11N3O2. The summed E-state index contributed by atoms with van der Waals surface area (Å²) in [5, 5.41) is 0. The molecule has 0 aromatic carbocycles. The second-order valence-electron chi connectivity index (χ2n) is 3.25. The van der Waals surface area contributed by atoms with Gasteiger partial charge in [-0.3, -0.25) is 0 Å². The number of carbonyl (C=O) groups is 1. The Kier molecular flexibility index (Phi) is 2.95. The molecule has 0 atom stereocenters. The topological polar surface area (TPSA) is 67.9 Å². The zero-order valence-corrected chi connectivity index (χ0v) is 8.80. The van der Waals surface area contributed by atoms with Gasteiger partial charge in [-0.1, -0.05) is 0 Å². The molecule has 0 aliphatic rings. The first-order valence-electron chi connectivity index (χ1n) is 4.81. The van der Waals surface area contributed by atoms with Crippen molar-refractivity contribution in [3.05, 3.63) is 47.8 Å². The van der Waals surface area contributed by atoms with Crippen LogP contribution in [0.15, 0.2) is 30.7 Å². The molecule has 5 nitrogen and oxygen atoms in total. The van der Waals surface area contributed by atoms with E-state index in [-0.39, 0.29) is 0 Å². The van der Waals surface area contributed by atoms with Crippen LogP contribution in [0, 0.1) is 0 Å². The standard InChI is InChI=1S/C11H11N3O2/c1-16-11(15)9-6-8(2-3-12-9)7-10-13-4-5-14-10/h2-6H,7H2,1H3,(H,13,14). The average Bonchev–Trinajstić information content (AvgIpc) is 2.81. The molecule has 2 heterocycles. The minimum absolute atomic E-state index is 0.312. The van der Waals surface area contributed by atoms with Crippen LogP contribution in [0.3, 0.4) is 0 Å². The first-order chi connectivity index (χ1) is 7.79. The third-order valence-corrected chi connectivity index (χ3v) is 2.15. The van der Waals surface area contributed by atoms with Crippen molar-refractivity contribution >= 4 is 5.97 Å². The van der Waals surface area contributed by atoms with E-state index in [1.54, 1.807) is 24.7 Å². The lowest BCUT2D eigenvalue weighted by atomic mass is 10.1. The highest BCUT2D eigenvalue weighted by molar-refractivity contribution is 5.87. The summed E-state index contributed by atoms with van der Waals surface area (Å²) < 4.78 is 4.60. The molecule has 2 aromatic rings. The average molecular weight is 217 g/mol. The lowest BCUT2D eigenvalue weighted by Crippen LogP contribution is -2.05. The van der Waals surface area contributed by atoms with Gasteiger partial charge in [0.05, 0.1) is 7.11 Å². The molecule has 2 aromatic heterocycles. The van der Waals surface area contributed by atoms with Crippen LogP contribution in [0.2, 0.25) is 0 Å². The molecule has 16 heavy (non-hydrogen) atoms. The number of H-pyrrole nitrogens is 1. The van der Waals surface area contributed by atoms with Crippen molar-refractivity contribution < 1.29 is 9.53 Å². The molecule has 0 radical (unpaired) electrons. The molecule has 0 aliphatic heterocycles. The summed E-state index contributed by atoms with van der Waals surface area (Å²) in [5.74, 6) is 0.420. The fraction of sp³-hybridized carbons (Fsp3) is 0.182. The summed E-state index contributed by atoms with van der Waals surface area (Å²) in [7, 11) is 1.34. The molecule has 5 heteroatoms. The van der Waals surface area contributed by atoms with Gasteiger partial charge in [0, 0.05) is 25.0 Å². The van der Waals surface area contributed by atoms with Gasteiger partial charge >= 0.3 is 5.97 Å². The van der Waals surface area contributed by atoms with Crippen LogP contribution in [0.25, 0.3) is 0 Å². The van der Waals surface area contributed by atoms with Crippen LogP contribution in [-0.4, -0.2) is 28.0 Å². The number of pyridine rings is 1. The molecule has 0 spiro atoms. The molecule has 0 saturated carbocycles. The molecule has 82 valence electrons. The largest absolute Gasteiger partial charge is 0.464 e. The van der Waals surface area contributed by atoms with Crippen molar-refractivity contribution in [2.45, 2.75) is 6.42 Å². The normalized spacial score (nSPS) is 10.1. The van der Waals surface area contributed by atoms with E-state index in [0.29, 0.717) is 12.1 Å². The number of hydrogen-bond acceptors (Lipinski definition) is 4. The molecule has 0 aliphatic carbocycles. The van der Waals surface area contributed by atoms with Gasteiger partial charge in [-0.15, -0.1) is 0 Å². The Morgan fingerprint density at radius 3 is 3.00 bits per heavy atom. The maximum atomic E-state index is 11.3. The summed E-state index contributed by atoms with van der Waals surface area (Å²) >= 11 is 0. The highest BCUT2D eigenvalue weighted by Gasteiger charge is 2.08. The summed E-state index contributed by atoms with van der Waals surface area (Å²) in [6, 6.07) is 3.54. The number of rotatable bonds is 3. The van der Waals surface area contributed by atoms with Crippen LogP contribution in [0.5, 0.6) is 0 Å². The van der Waals surface area contributed by atoms with Crippen LogP contribution >= 0.6 is 0 Å². The lowest BCUT2D eigenvalue weighted by Gasteiger charge is -2.01. The second kappa shape index (κ2) is 4.57. The number of aromatic amines is 1. The van der Waals surface area contributed by atoms with Gasteiger partial charge in [0.1, 0.15) is 11.5 Å². The van der Waals surface area contributed by atoms with Gasteiger partial charge < -0.3 is 9.72 Å². The number of esters is 1. The van der Waals surface area contributed by atoms with Gasteiger partial charge in [0.25, 0.3) is 0 Å². The Labute approximate surface area is 92.5 Å². The van der Waals surface area contributed by atoms with E-state index in [1.807, 2.05) is 6.07 Å². The van der Waals surface area contributed by atoms with Crippen LogP contribution in [0.4, 0.5) is 0 Å². The summed E-state index contributed by atoms with van der Waals surface area (Å²) in [4.78, 5) is 22.3. The van der Waals surface area contributed by atoms with Crippen LogP contribution in [-0.2, 0) is 11.2 Å². The number of hydrogen-bond donors (Lipinski definition) is 1. The van der Waals surface area contributed by atoms with Gasteiger partial charge in [0.15, 0.2) is 0 Å². The van der Waals surface area contributed by atoms with E-state index < -0.39 is 5.97 Å². The SMILES string of the molecule is COC(=O)c1cc(Cc2ncc[nH]2)ccn1. The Hall–Kier alpha value is -2.17. The van der Waals surface area contributed by atoms with Crippen molar-refractivity contribution in [3.63, 3.8) is 0 Å². The zero-order chi connectivity index (χ0) is 11.4. The third kappa shape index (κ3) is 2.25. The quantitative estimate of drug-likeness (QED) is 0.784. The zero-order valence-electron chi connectivity index (χ0n) is 8.80. The number of imidazole rings is 1.